The zero-order valence-corrected chi connectivity index (χ0v) is 13.8. The summed E-state index contributed by atoms with van der Waals surface area (Å²) < 4.78 is 10.2. The van der Waals surface area contributed by atoms with Crippen LogP contribution < -0.4 is 10.6 Å². The van der Waals surface area contributed by atoms with E-state index in [4.69, 9.17) is 9.26 Å². The van der Waals surface area contributed by atoms with Crippen LogP contribution in [-0.4, -0.2) is 42.9 Å². The summed E-state index contributed by atoms with van der Waals surface area (Å²) in [6.07, 6.45) is 4.92. The maximum atomic E-state index is 5.23. The molecule has 0 bridgehead atoms. The van der Waals surface area contributed by atoms with Crippen LogP contribution in [-0.2, 0) is 11.3 Å². The Balaban J connectivity index is 1.87. The molecule has 0 unspecified atom stereocenters. The predicted octanol–water partition coefficient (Wildman–Crippen LogP) is 1.64. The van der Waals surface area contributed by atoms with Gasteiger partial charge in [0.05, 0.1) is 0 Å². The topological polar surface area (TPSA) is 84.6 Å². The second-order valence-corrected chi connectivity index (χ2v) is 5.87. The van der Waals surface area contributed by atoms with Crippen molar-refractivity contribution in [2.24, 2.45) is 10.4 Å². The summed E-state index contributed by atoms with van der Waals surface area (Å²) >= 11 is 0. The summed E-state index contributed by atoms with van der Waals surface area (Å²) in [6.45, 7) is 6.81. The first kappa shape index (κ1) is 16.7. The van der Waals surface area contributed by atoms with Gasteiger partial charge in [0.2, 0.25) is 5.89 Å². The van der Waals surface area contributed by atoms with Crippen LogP contribution in [0.3, 0.4) is 0 Å². The quantitative estimate of drug-likeness (QED) is 0.561. The minimum atomic E-state index is 0.356. The largest absolute Gasteiger partial charge is 0.385 e. The highest BCUT2D eigenvalue weighted by Crippen LogP contribution is 2.43. The van der Waals surface area contributed by atoms with Crippen molar-refractivity contribution in [1.82, 2.24) is 20.8 Å². The summed E-state index contributed by atoms with van der Waals surface area (Å²) in [7, 11) is 1.76. The molecule has 124 valence electrons. The molecule has 0 radical (unpaired) electrons. The monoisotopic (exact) mass is 309 g/mol. The lowest BCUT2D eigenvalue weighted by molar-refractivity contribution is 0.0732. The lowest BCUT2D eigenvalue weighted by atomic mass is 9.67. The predicted molar refractivity (Wildman–Crippen MR) is 84.6 cm³/mol. The Bertz CT molecular complexity index is 482. The van der Waals surface area contributed by atoms with E-state index in [-0.39, 0.29) is 0 Å². The van der Waals surface area contributed by atoms with Gasteiger partial charge in [-0.1, -0.05) is 11.6 Å². The molecule has 22 heavy (non-hydrogen) atoms. The number of methoxy groups -OCH3 is 1. The van der Waals surface area contributed by atoms with Gasteiger partial charge in [-0.15, -0.1) is 0 Å². The van der Waals surface area contributed by atoms with Crippen LogP contribution in [0, 0.1) is 12.3 Å². The third kappa shape index (κ3) is 4.69. The number of hydrogen-bond acceptors (Lipinski definition) is 5. The highest BCUT2D eigenvalue weighted by molar-refractivity contribution is 5.79. The molecule has 1 aromatic rings. The van der Waals surface area contributed by atoms with E-state index in [0.717, 1.165) is 32.1 Å². The molecule has 0 spiro atoms. The van der Waals surface area contributed by atoms with Crippen LogP contribution in [0.2, 0.25) is 0 Å². The minimum Gasteiger partial charge on any atom is -0.385 e. The van der Waals surface area contributed by atoms with Crippen LogP contribution >= 0.6 is 0 Å². The molecular formula is C15H27N5O2. The second kappa shape index (κ2) is 8.12. The molecule has 1 fully saturated rings. The zero-order valence-electron chi connectivity index (χ0n) is 13.8. The molecule has 1 aliphatic rings. The van der Waals surface area contributed by atoms with Crippen molar-refractivity contribution in [2.75, 3.05) is 26.8 Å². The Hall–Kier alpha value is -1.63. The average Bonchev–Trinajstić information content (AvgIpc) is 2.88. The van der Waals surface area contributed by atoms with E-state index in [2.05, 4.69) is 32.7 Å². The van der Waals surface area contributed by atoms with Crippen LogP contribution in [0.15, 0.2) is 9.52 Å². The number of aryl methyl sites for hydroxylation is 1. The SMILES string of the molecule is CCNC(=NCc1noc(C)n1)NCC1(CCOC)CCC1. The molecular weight excluding hydrogens is 282 g/mol. The number of aliphatic imine (C=N–C) groups is 1. The molecule has 0 amide bonds. The third-order valence-electron chi connectivity index (χ3n) is 4.17. The molecule has 0 saturated heterocycles. The minimum absolute atomic E-state index is 0.356. The van der Waals surface area contributed by atoms with E-state index in [1.54, 1.807) is 14.0 Å². The molecule has 2 N–H and O–H groups in total. The molecule has 1 aromatic heterocycles. The fraction of sp³-hybridized carbons (Fsp3) is 0.800. The van der Waals surface area contributed by atoms with Gasteiger partial charge >= 0.3 is 0 Å². The van der Waals surface area contributed by atoms with Gasteiger partial charge in [-0.2, -0.15) is 4.98 Å². The zero-order chi connectivity index (χ0) is 15.8. The van der Waals surface area contributed by atoms with Crippen molar-refractivity contribution in [1.29, 1.82) is 0 Å². The molecule has 7 nitrogen and oxygen atoms in total. The number of nitrogens with zero attached hydrogens (tertiary/aromatic N) is 3. The summed E-state index contributed by atoms with van der Waals surface area (Å²) in [5.74, 6) is 1.97. The van der Waals surface area contributed by atoms with Gasteiger partial charge in [-0.05, 0) is 31.6 Å². The van der Waals surface area contributed by atoms with E-state index >= 15 is 0 Å². The smallest absolute Gasteiger partial charge is 0.223 e. The lowest BCUT2D eigenvalue weighted by Gasteiger charge is -2.42. The van der Waals surface area contributed by atoms with Crippen molar-refractivity contribution in [2.45, 2.75) is 46.1 Å². The van der Waals surface area contributed by atoms with Gasteiger partial charge < -0.3 is 19.9 Å². The molecule has 0 aromatic carbocycles. The van der Waals surface area contributed by atoms with E-state index < -0.39 is 0 Å². The fourth-order valence-electron chi connectivity index (χ4n) is 2.68. The van der Waals surface area contributed by atoms with Crippen molar-refractivity contribution in [3.05, 3.63) is 11.7 Å². The van der Waals surface area contributed by atoms with E-state index in [1.165, 1.54) is 19.3 Å². The van der Waals surface area contributed by atoms with Gasteiger partial charge in [-0.25, -0.2) is 4.99 Å². The highest BCUT2D eigenvalue weighted by Gasteiger charge is 2.36. The number of guanidine groups is 1. The fourth-order valence-corrected chi connectivity index (χ4v) is 2.68. The summed E-state index contributed by atoms with van der Waals surface area (Å²) in [5, 5.41) is 10.6. The highest BCUT2D eigenvalue weighted by atomic mass is 16.5. The number of nitrogens with one attached hydrogen (secondary N) is 2. The first-order chi connectivity index (χ1) is 10.7. The summed E-state index contributed by atoms with van der Waals surface area (Å²) in [6, 6.07) is 0. The van der Waals surface area contributed by atoms with Gasteiger partial charge in [-0.3, -0.25) is 0 Å². The van der Waals surface area contributed by atoms with Crippen molar-refractivity contribution in [3.8, 4) is 0 Å². The van der Waals surface area contributed by atoms with Crippen LogP contribution in [0.5, 0.6) is 0 Å². The van der Waals surface area contributed by atoms with Crippen molar-refractivity contribution in [3.63, 3.8) is 0 Å². The Kier molecular flexibility index (Phi) is 6.18. The van der Waals surface area contributed by atoms with Crippen molar-refractivity contribution >= 4 is 5.96 Å². The lowest BCUT2D eigenvalue weighted by Crippen LogP contribution is -2.47. The molecule has 1 heterocycles. The van der Waals surface area contributed by atoms with E-state index in [9.17, 15) is 0 Å². The number of aromatic nitrogens is 2. The first-order valence-electron chi connectivity index (χ1n) is 7.98. The third-order valence-corrected chi connectivity index (χ3v) is 4.17. The van der Waals surface area contributed by atoms with Gasteiger partial charge in [0.25, 0.3) is 0 Å². The summed E-state index contributed by atoms with van der Waals surface area (Å²) in [4.78, 5) is 8.68. The van der Waals surface area contributed by atoms with E-state index in [1.807, 2.05) is 0 Å². The molecule has 0 atom stereocenters. The van der Waals surface area contributed by atoms with Crippen LogP contribution in [0.25, 0.3) is 0 Å². The van der Waals surface area contributed by atoms with Gasteiger partial charge in [0.15, 0.2) is 11.8 Å². The maximum Gasteiger partial charge on any atom is 0.223 e. The number of ether oxygens (including phenoxy) is 1. The van der Waals surface area contributed by atoms with Crippen LogP contribution in [0.1, 0.15) is 44.3 Å². The summed E-state index contributed by atoms with van der Waals surface area (Å²) in [5.41, 5.74) is 0.356. The molecule has 2 rings (SSSR count). The maximum absolute atomic E-state index is 5.23. The molecule has 0 aliphatic heterocycles. The Labute approximate surface area is 131 Å². The number of rotatable bonds is 8. The molecule has 1 aliphatic carbocycles. The van der Waals surface area contributed by atoms with E-state index in [0.29, 0.717) is 23.7 Å². The molecule has 7 heteroatoms. The normalized spacial score (nSPS) is 17.1. The first-order valence-corrected chi connectivity index (χ1v) is 7.98. The Morgan fingerprint density at radius 3 is 2.77 bits per heavy atom. The van der Waals surface area contributed by atoms with Gasteiger partial charge in [0.1, 0.15) is 6.54 Å². The number of hydrogen-bond donors (Lipinski definition) is 2. The van der Waals surface area contributed by atoms with Gasteiger partial charge in [0, 0.05) is 33.7 Å². The Morgan fingerprint density at radius 2 is 2.23 bits per heavy atom. The average molecular weight is 309 g/mol. The second-order valence-electron chi connectivity index (χ2n) is 5.87. The van der Waals surface area contributed by atoms with Crippen LogP contribution in [0.4, 0.5) is 0 Å². The standard InChI is InChI=1S/C15H27N5O2/c1-4-16-14(17-10-13-19-12(2)22-20-13)18-11-15(6-5-7-15)8-9-21-3/h4-11H2,1-3H3,(H2,16,17,18). The van der Waals surface area contributed by atoms with Crippen molar-refractivity contribution < 1.29 is 9.26 Å². The Morgan fingerprint density at radius 1 is 1.41 bits per heavy atom. The molecule has 1 saturated carbocycles.